The van der Waals surface area contributed by atoms with E-state index in [1.807, 2.05) is 0 Å². The Morgan fingerprint density at radius 1 is 1.67 bits per heavy atom. The highest BCUT2D eigenvalue weighted by atomic mass is 19.1. The Morgan fingerprint density at radius 3 is 2.75 bits per heavy atom. The van der Waals surface area contributed by atoms with E-state index in [0.29, 0.717) is 13.0 Å². The number of halogens is 1. The third kappa shape index (κ3) is 2.36. The fraction of sp³-hybridized carbons (Fsp3) is 0.875. The average Bonchev–Trinajstić information content (AvgIpc) is 2.34. The van der Waals surface area contributed by atoms with E-state index >= 15 is 0 Å². The van der Waals surface area contributed by atoms with Crippen molar-refractivity contribution in [1.82, 2.24) is 4.90 Å². The highest BCUT2D eigenvalue weighted by Gasteiger charge is 2.27. The van der Waals surface area contributed by atoms with E-state index < -0.39 is 12.3 Å². The Kier molecular flexibility index (Phi) is 2.89. The van der Waals surface area contributed by atoms with E-state index in [9.17, 15) is 9.18 Å². The summed E-state index contributed by atoms with van der Waals surface area (Å²) in [5.41, 5.74) is 0. The number of hydrogen-bond donors (Lipinski definition) is 0. The maximum absolute atomic E-state index is 12.6. The number of rotatable bonds is 1. The summed E-state index contributed by atoms with van der Waals surface area (Å²) in [6.45, 7) is 4.22. The first-order valence-corrected chi connectivity index (χ1v) is 4.19. The molecule has 1 unspecified atom stereocenters. The lowest BCUT2D eigenvalue weighted by Crippen LogP contribution is -2.31. The van der Waals surface area contributed by atoms with Gasteiger partial charge in [0.2, 0.25) is 0 Å². The molecular weight excluding hydrogens is 161 g/mol. The number of ether oxygens (including phenoxy) is 1. The third-order valence-corrected chi connectivity index (χ3v) is 1.73. The molecule has 1 aliphatic heterocycles. The second-order valence-electron chi connectivity index (χ2n) is 3.26. The molecule has 0 aliphatic carbocycles. The topological polar surface area (TPSA) is 29.5 Å². The number of likely N-dealkylation sites (tertiary alicyclic amines) is 1. The lowest BCUT2D eigenvalue weighted by atomic mass is 10.3. The van der Waals surface area contributed by atoms with Crippen molar-refractivity contribution in [3.63, 3.8) is 0 Å². The zero-order valence-corrected chi connectivity index (χ0v) is 7.42. The van der Waals surface area contributed by atoms with E-state index in [1.165, 1.54) is 4.90 Å². The van der Waals surface area contributed by atoms with Crippen LogP contribution in [0.5, 0.6) is 0 Å². The summed E-state index contributed by atoms with van der Waals surface area (Å²) in [6, 6.07) is 0. The zero-order chi connectivity index (χ0) is 9.14. The van der Waals surface area contributed by atoms with Crippen molar-refractivity contribution in [2.75, 3.05) is 13.1 Å². The molecule has 0 aromatic rings. The Balaban J connectivity index is 2.33. The minimum atomic E-state index is -0.871. The Labute approximate surface area is 71.5 Å². The Morgan fingerprint density at radius 2 is 2.33 bits per heavy atom. The monoisotopic (exact) mass is 175 g/mol. The normalized spacial score (nSPS) is 23.3. The van der Waals surface area contributed by atoms with Crippen LogP contribution < -0.4 is 0 Å². The Bertz CT molecular complexity index is 172. The SMILES string of the molecule is CC(C)OC(=O)N1CCC(F)C1. The van der Waals surface area contributed by atoms with Gasteiger partial charge in [-0.15, -0.1) is 0 Å². The van der Waals surface area contributed by atoms with Gasteiger partial charge < -0.3 is 9.64 Å². The molecule has 0 aromatic carbocycles. The maximum atomic E-state index is 12.6. The second kappa shape index (κ2) is 3.74. The molecule has 1 aliphatic rings. The smallest absolute Gasteiger partial charge is 0.410 e. The molecule has 0 aromatic heterocycles. The van der Waals surface area contributed by atoms with Gasteiger partial charge in [-0.3, -0.25) is 0 Å². The molecule has 0 saturated carbocycles. The van der Waals surface area contributed by atoms with Gasteiger partial charge in [-0.1, -0.05) is 0 Å². The molecule has 0 spiro atoms. The van der Waals surface area contributed by atoms with Gasteiger partial charge in [-0.2, -0.15) is 0 Å². The number of alkyl halides is 1. The quantitative estimate of drug-likeness (QED) is 0.605. The van der Waals surface area contributed by atoms with Gasteiger partial charge in [0.15, 0.2) is 0 Å². The molecule has 70 valence electrons. The molecule has 12 heavy (non-hydrogen) atoms. The maximum Gasteiger partial charge on any atom is 0.410 e. The van der Waals surface area contributed by atoms with Crippen molar-refractivity contribution >= 4 is 6.09 Å². The van der Waals surface area contributed by atoms with Crippen LogP contribution in [-0.2, 0) is 4.74 Å². The molecule has 1 heterocycles. The highest BCUT2D eigenvalue weighted by molar-refractivity contribution is 5.68. The molecule has 0 radical (unpaired) electrons. The number of nitrogens with zero attached hydrogens (tertiary/aromatic N) is 1. The van der Waals surface area contributed by atoms with Crippen LogP contribution in [0.25, 0.3) is 0 Å². The Hall–Kier alpha value is -0.800. The first-order valence-electron chi connectivity index (χ1n) is 4.19. The van der Waals surface area contributed by atoms with Crippen LogP contribution in [0, 0.1) is 0 Å². The van der Waals surface area contributed by atoms with Crippen LogP contribution in [0.1, 0.15) is 20.3 Å². The van der Waals surface area contributed by atoms with Crippen molar-refractivity contribution in [2.24, 2.45) is 0 Å². The van der Waals surface area contributed by atoms with Crippen LogP contribution in [0.15, 0.2) is 0 Å². The number of hydrogen-bond acceptors (Lipinski definition) is 2. The second-order valence-corrected chi connectivity index (χ2v) is 3.26. The highest BCUT2D eigenvalue weighted by Crippen LogP contribution is 2.13. The molecule has 1 amide bonds. The van der Waals surface area contributed by atoms with E-state index in [4.69, 9.17) is 4.74 Å². The fourth-order valence-corrected chi connectivity index (χ4v) is 1.16. The molecule has 1 rings (SSSR count). The summed E-state index contributed by atoms with van der Waals surface area (Å²) < 4.78 is 17.5. The van der Waals surface area contributed by atoms with Crippen LogP contribution in [0.4, 0.5) is 9.18 Å². The van der Waals surface area contributed by atoms with Crippen LogP contribution >= 0.6 is 0 Å². The molecule has 1 saturated heterocycles. The third-order valence-electron chi connectivity index (χ3n) is 1.73. The fourth-order valence-electron chi connectivity index (χ4n) is 1.16. The van der Waals surface area contributed by atoms with E-state index in [0.717, 1.165) is 0 Å². The van der Waals surface area contributed by atoms with Gasteiger partial charge >= 0.3 is 6.09 Å². The van der Waals surface area contributed by atoms with Gasteiger partial charge in [0.25, 0.3) is 0 Å². The van der Waals surface area contributed by atoms with Crippen LogP contribution in [0.2, 0.25) is 0 Å². The van der Waals surface area contributed by atoms with Crippen molar-refractivity contribution in [3.8, 4) is 0 Å². The average molecular weight is 175 g/mol. The number of amides is 1. The minimum absolute atomic E-state index is 0.129. The predicted molar refractivity (Wildman–Crippen MR) is 42.7 cm³/mol. The molecule has 0 N–H and O–H groups in total. The van der Waals surface area contributed by atoms with E-state index in [-0.39, 0.29) is 12.6 Å². The molecule has 3 nitrogen and oxygen atoms in total. The van der Waals surface area contributed by atoms with Gasteiger partial charge in [0.1, 0.15) is 6.17 Å². The van der Waals surface area contributed by atoms with Gasteiger partial charge in [-0.05, 0) is 20.3 Å². The van der Waals surface area contributed by atoms with Crippen molar-refractivity contribution in [1.29, 1.82) is 0 Å². The molecule has 0 bridgehead atoms. The minimum Gasteiger partial charge on any atom is -0.447 e. The summed E-state index contributed by atoms with van der Waals surface area (Å²) in [6.07, 6.45) is -0.960. The summed E-state index contributed by atoms with van der Waals surface area (Å²) in [4.78, 5) is 12.5. The molecular formula is C8H14FNO2. The van der Waals surface area contributed by atoms with Crippen molar-refractivity contribution < 1.29 is 13.9 Å². The molecule has 4 heteroatoms. The predicted octanol–water partition coefficient (Wildman–Crippen LogP) is 1.58. The van der Waals surface area contributed by atoms with Crippen LogP contribution in [0.3, 0.4) is 0 Å². The van der Waals surface area contributed by atoms with Gasteiger partial charge in [-0.25, -0.2) is 9.18 Å². The zero-order valence-electron chi connectivity index (χ0n) is 7.42. The van der Waals surface area contributed by atoms with Gasteiger partial charge in [0, 0.05) is 6.54 Å². The van der Waals surface area contributed by atoms with Crippen molar-refractivity contribution in [2.45, 2.75) is 32.5 Å². The lowest BCUT2D eigenvalue weighted by Gasteiger charge is -2.16. The molecule has 1 fully saturated rings. The van der Waals surface area contributed by atoms with E-state index in [1.54, 1.807) is 13.8 Å². The van der Waals surface area contributed by atoms with Crippen molar-refractivity contribution in [3.05, 3.63) is 0 Å². The van der Waals surface area contributed by atoms with Crippen LogP contribution in [-0.4, -0.2) is 36.4 Å². The summed E-state index contributed by atoms with van der Waals surface area (Å²) >= 11 is 0. The summed E-state index contributed by atoms with van der Waals surface area (Å²) in [7, 11) is 0. The molecule has 1 atom stereocenters. The summed E-state index contributed by atoms with van der Waals surface area (Å²) in [5, 5.41) is 0. The first kappa shape index (κ1) is 9.29. The number of carbonyl (C=O) groups is 1. The summed E-state index contributed by atoms with van der Waals surface area (Å²) in [5.74, 6) is 0. The number of carbonyl (C=O) groups excluding carboxylic acids is 1. The largest absolute Gasteiger partial charge is 0.447 e. The standard InChI is InChI=1S/C8H14FNO2/c1-6(2)12-8(11)10-4-3-7(9)5-10/h6-7H,3-5H2,1-2H3. The lowest BCUT2D eigenvalue weighted by molar-refractivity contribution is 0.0818. The van der Waals surface area contributed by atoms with E-state index in [2.05, 4.69) is 0 Å². The first-order chi connectivity index (χ1) is 5.59. The van der Waals surface area contributed by atoms with Gasteiger partial charge in [0.05, 0.1) is 12.6 Å².